The molecule has 0 fully saturated rings. The molecule has 0 aliphatic carbocycles. The molecule has 0 unspecified atom stereocenters. The molecule has 0 radical (unpaired) electrons. The molecule has 2 heterocycles. The van der Waals surface area contributed by atoms with Gasteiger partial charge in [0.2, 0.25) is 5.88 Å². The van der Waals surface area contributed by atoms with Crippen LogP contribution in [0.5, 0.6) is 17.4 Å². The number of anilines is 2. The second kappa shape index (κ2) is 9.39. The van der Waals surface area contributed by atoms with E-state index in [9.17, 15) is 4.79 Å². The Morgan fingerprint density at radius 2 is 1.48 bits per heavy atom. The van der Waals surface area contributed by atoms with Crippen molar-refractivity contribution in [2.24, 2.45) is 0 Å². The van der Waals surface area contributed by atoms with E-state index in [-0.39, 0.29) is 6.03 Å². The average molecular weight is 444 g/mol. The fraction of sp³-hybridized carbons (Fsp3) is 0.167. The maximum Gasteiger partial charge on any atom is 0.323 e. The number of methoxy groups -OCH3 is 1. The number of urea groups is 1. The molecule has 0 spiro atoms. The lowest BCUT2D eigenvalue weighted by atomic mass is 10.3. The highest BCUT2D eigenvalue weighted by atomic mass is 16.5. The zero-order valence-corrected chi connectivity index (χ0v) is 18.8. The first-order valence-electron chi connectivity index (χ1n) is 10.3. The summed E-state index contributed by atoms with van der Waals surface area (Å²) in [4.78, 5) is 25.4. The number of hydrogen-bond acceptors (Lipinski definition) is 6. The Kier molecular flexibility index (Phi) is 6.21. The second-order valence-corrected chi connectivity index (χ2v) is 7.33. The monoisotopic (exact) mass is 444 g/mol. The number of nitrogens with one attached hydrogen (secondary N) is 2. The predicted molar refractivity (Wildman–Crippen MR) is 126 cm³/mol. The van der Waals surface area contributed by atoms with Crippen molar-refractivity contribution in [1.82, 2.24) is 19.5 Å². The number of hydrogen-bond donors (Lipinski definition) is 2. The number of imidazole rings is 1. The highest BCUT2D eigenvalue weighted by Gasteiger charge is 2.10. The van der Waals surface area contributed by atoms with Gasteiger partial charge in [-0.3, -0.25) is 4.57 Å². The number of rotatable bonds is 6. The van der Waals surface area contributed by atoms with Gasteiger partial charge in [-0.15, -0.1) is 0 Å². The van der Waals surface area contributed by atoms with Gasteiger partial charge < -0.3 is 20.1 Å². The molecule has 2 N–H and O–H groups in total. The van der Waals surface area contributed by atoms with Crippen LogP contribution >= 0.6 is 0 Å². The fourth-order valence-corrected chi connectivity index (χ4v) is 3.13. The van der Waals surface area contributed by atoms with E-state index in [0.717, 1.165) is 17.1 Å². The molecule has 0 atom stereocenters. The van der Waals surface area contributed by atoms with Crippen molar-refractivity contribution in [2.45, 2.75) is 20.8 Å². The Balaban J connectivity index is 1.41. The number of benzene rings is 2. The smallest absolute Gasteiger partial charge is 0.323 e. The van der Waals surface area contributed by atoms with Gasteiger partial charge >= 0.3 is 6.03 Å². The molecule has 0 aliphatic heterocycles. The molecule has 2 amide bonds. The lowest BCUT2D eigenvalue weighted by molar-refractivity contribution is 0.262. The van der Waals surface area contributed by atoms with Gasteiger partial charge in [-0.05, 0) is 69.3 Å². The van der Waals surface area contributed by atoms with Crippen LogP contribution in [0.2, 0.25) is 0 Å². The molecule has 4 rings (SSSR count). The van der Waals surface area contributed by atoms with Gasteiger partial charge in [0, 0.05) is 23.1 Å². The van der Waals surface area contributed by atoms with E-state index in [1.807, 2.05) is 25.3 Å². The first-order valence-corrected chi connectivity index (χ1v) is 10.3. The number of amides is 2. The van der Waals surface area contributed by atoms with E-state index in [1.165, 1.54) is 0 Å². The minimum absolute atomic E-state index is 0.351. The SMILES string of the molecule is COc1ccc(NC(=O)Nc2ccc(Oc3cc(-n4cnc(C)c4C)nc(C)n3)cc2)cc1. The molecule has 2 aromatic carbocycles. The molecular formula is C24H24N6O3. The van der Waals surface area contributed by atoms with Crippen LogP contribution in [0.3, 0.4) is 0 Å². The van der Waals surface area contributed by atoms with E-state index in [1.54, 1.807) is 68.0 Å². The zero-order valence-electron chi connectivity index (χ0n) is 18.8. The highest BCUT2D eigenvalue weighted by molar-refractivity contribution is 5.99. The molecule has 0 aliphatic rings. The first kappa shape index (κ1) is 21.8. The quantitative estimate of drug-likeness (QED) is 0.432. The fourth-order valence-electron chi connectivity index (χ4n) is 3.13. The van der Waals surface area contributed by atoms with Crippen molar-refractivity contribution < 1.29 is 14.3 Å². The third-order valence-corrected chi connectivity index (χ3v) is 4.98. The van der Waals surface area contributed by atoms with Crippen LogP contribution in [-0.2, 0) is 0 Å². The van der Waals surface area contributed by atoms with Gasteiger partial charge in [0.15, 0.2) is 0 Å². The summed E-state index contributed by atoms with van der Waals surface area (Å²) in [6.45, 7) is 5.74. The second-order valence-electron chi connectivity index (χ2n) is 7.33. The van der Waals surface area contributed by atoms with Crippen LogP contribution in [0.4, 0.5) is 16.2 Å². The van der Waals surface area contributed by atoms with Crippen LogP contribution in [0.25, 0.3) is 5.82 Å². The number of nitrogens with zero attached hydrogens (tertiary/aromatic N) is 4. The van der Waals surface area contributed by atoms with E-state index < -0.39 is 0 Å². The van der Waals surface area contributed by atoms with Crippen LogP contribution in [0.15, 0.2) is 60.9 Å². The molecule has 0 saturated heterocycles. The van der Waals surface area contributed by atoms with Gasteiger partial charge in [-0.2, -0.15) is 4.98 Å². The Labute approximate surface area is 191 Å². The van der Waals surface area contributed by atoms with Crippen LogP contribution < -0.4 is 20.1 Å². The average Bonchev–Trinajstić information content (AvgIpc) is 3.13. The number of carbonyl (C=O) groups is 1. The van der Waals surface area contributed by atoms with Crippen molar-refractivity contribution in [3.63, 3.8) is 0 Å². The zero-order chi connectivity index (χ0) is 23.4. The topological polar surface area (TPSA) is 103 Å². The molecule has 4 aromatic rings. The number of aryl methyl sites for hydroxylation is 2. The number of ether oxygens (including phenoxy) is 2. The Bertz CT molecular complexity index is 1270. The maximum atomic E-state index is 12.2. The van der Waals surface area contributed by atoms with Crippen LogP contribution in [-0.4, -0.2) is 32.7 Å². The van der Waals surface area contributed by atoms with Crippen molar-refractivity contribution in [1.29, 1.82) is 0 Å². The summed E-state index contributed by atoms with van der Waals surface area (Å²) >= 11 is 0. The minimum atomic E-state index is -0.351. The molecule has 9 heteroatoms. The molecule has 9 nitrogen and oxygen atoms in total. The van der Waals surface area contributed by atoms with Crippen molar-refractivity contribution >= 4 is 17.4 Å². The van der Waals surface area contributed by atoms with Gasteiger partial charge in [-0.25, -0.2) is 14.8 Å². The summed E-state index contributed by atoms with van der Waals surface area (Å²) in [5.41, 5.74) is 3.22. The van der Waals surface area contributed by atoms with Gasteiger partial charge in [0.05, 0.1) is 12.8 Å². The summed E-state index contributed by atoms with van der Waals surface area (Å²) in [7, 11) is 1.59. The van der Waals surface area contributed by atoms with Crippen LogP contribution in [0, 0.1) is 20.8 Å². The van der Waals surface area contributed by atoms with Gasteiger partial charge in [0.25, 0.3) is 0 Å². The predicted octanol–water partition coefficient (Wildman–Crippen LogP) is 5.03. The lowest BCUT2D eigenvalue weighted by Gasteiger charge is -2.11. The van der Waals surface area contributed by atoms with Crippen molar-refractivity contribution in [2.75, 3.05) is 17.7 Å². The third kappa shape index (κ3) is 5.27. The summed E-state index contributed by atoms with van der Waals surface area (Å²) in [5, 5.41) is 5.55. The summed E-state index contributed by atoms with van der Waals surface area (Å²) in [6.07, 6.45) is 1.73. The highest BCUT2D eigenvalue weighted by Crippen LogP contribution is 2.24. The molecule has 0 saturated carbocycles. The van der Waals surface area contributed by atoms with Crippen molar-refractivity contribution in [3.05, 3.63) is 78.1 Å². The van der Waals surface area contributed by atoms with E-state index in [4.69, 9.17) is 9.47 Å². The molecule has 33 heavy (non-hydrogen) atoms. The van der Waals surface area contributed by atoms with E-state index in [2.05, 4.69) is 25.6 Å². The Morgan fingerprint density at radius 3 is 2.03 bits per heavy atom. The van der Waals surface area contributed by atoms with Gasteiger partial charge in [-0.1, -0.05) is 0 Å². The van der Waals surface area contributed by atoms with E-state index in [0.29, 0.717) is 34.6 Å². The largest absolute Gasteiger partial charge is 0.497 e. The summed E-state index contributed by atoms with van der Waals surface area (Å²) < 4.78 is 12.9. The van der Waals surface area contributed by atoms with Gasteiger partial charge in [0.1, 0.15) is 29.5 Å². The minimum Gasteiger partial charge on any atom is -0.497 e. The number of aromatic nitrogens is 4. The number of carbonyl (C=O) groups excluding carboxylic acids is 1. The van der Waals surface area contributed by atoms with E-state index >= 15 is 0 Å². The lowest BCUT2D eigenvalue weighted by Crippen LogP contribution is -2.19. The Hall–Kier alpha value is -4.40. The summed E-state index contributed by atoms with van der Waals surface area (Å²) in [6, 6.07) is 15.5. The molecule has 2 aromatic heterocycles. The maximum absolute atomic E-state index is 12.2. The normalized spacial score (nSPS) is 10.5. The third-order valence-electron chi connectivity index (χ3n) is 4.98. The first-order chi connectivity index (χ1) is 15.9. The molecular weight excluding hydrogens is 420 g/mol. The summed E-state index contributed by atoms with van der Waals surface area (Å²) in [5.74, 6) is 2.99. The molecule has 0 bridgehead atoms. The Morgan fingerprint density at radius 1 is 0.879 bits per heavy atom. The van der Waals surface area contributed by atoms with Crippen LogP contribution in [0.1, 0.15) is 17.2 Å². The standard InChI is InChI=1S/C24H24N6O3/c1-15-16(2)30(14-25-15)22-13-23(27-17(3)26-22)33-21-11-7-19(8-12-21)29-24(31)28-18-5-9-20(32-4)10-6-18/h5-14H,1-4H3,(H2,28,29,31). The molecule has 168 valence electrons. The van der Waals surface area contributed by atoms with Crippen molar-refractivity contribution in [3.8, 4) is 23.2 Å².